The maximum Gasteiger partial charge on any atom is 0.306 e. The highest BCUT2D eigenvalue weighted by molar-refractivity contribution is 5.69. The topological polar surface area (TPSA) is 26.3 Å². The Bertz CT molecular complexity index is 648. The molecule has 0 aliphatic carbocycles. The summed E-state index contributed by atoms with van der Waals surface area (Å²) in [7, 11) is 0. The molecule has 0 amide bonds. The Morgan fingerprint density at radius 1 is 0.500 bits per heavy atom. The molecule has 0 aromatic rings. The van der Waals surface area contributed by atoms with E-state index in [1.54, 1.807) is 0 Å². The molecule has 42 heavy (non-hydrogen) atoms. The van der Waals surface area contributed by atoms with Gasteiger partial charge in [-0.05, 0) is 67.3 Å². The summed E-state index contributed by atoms with van der Waals surface area (Å²) < 4.78 is 5.56. The molecule has 0 heterocycles. The molecule has 2 nitrogen and oxygen atoms in total. The van der Waals surface area contributed by atoms with E-state index in [0.717, 1.165) is 48.3 Å². The zero-order chi connectivity index (χ0) is 31.8. The number of ether oxygens (including phenoxy) is 1. The molecule has 0 aromatic heterocycles. The molecule has 0 bridgehead atoms. The summed E-state index contributed by atoms with van der Waals surface area (Å²) in [6.45, 7) is 23.9. The molecule has 0 saturated heterocycles. The van der Waals surface area contributed by atoms with Gasteiger partial charge in [0.05, 0.1) is 0 Å². The molecule has 0 fully saturated rings. The van der Waals surface area contributed by atoms with Crippen LogP contribution in [0.4, 0.5) is 0 Å². The van der Waals surface area contributed by atoms with Crippen molar-refractivity contribution >= 4 is 5.97 Å². The minimum atomic E-state index is -0.0295. The van der Waals surface area contributed by atoms with Crippen LogP contribution in [0.1, 0.15) is 191 Å². The molecule has 250 valence electrons. The first-order valence-electron chi connectivity index (χ1n) is 18.7. The summed E-state index contributed by atoms with van der Waals surface area (Å²) in [5, 5.41) is 0. The Labute approximate surface area is 266 Å². The maximum atomic E-state index is 12.3. The molecule has 0 aliphatic rings. The first-order valence-corrected chi connectivity index (χ1v) is 18.7. The fourth-order valence-corrected chi connectivity index (χ4v) is 6.32. The smallest absolute Gasteiger partial charge is 0.306 e. The predicted octanol–water partition coefficient (Wildman–Crippen LogP) is 13.4. The minimum absolute atomic E-state index is 0.0295. The quantitative estimate of drug-likeness (QED) is 0.0669. The number of hydrogen-bond acceptors (Lipinski definition) is 2. The van der Waals surface area contributed by atoms with E-state index in [0.29, 0.717) is 18.9 Å². The van der Waals surface area contributed by atoms with Gasteiger partial charge in [-0.2, -0.15) is 0 Å². The Morgan fingerprint density at radius 2 is 0.833 bits per heavy atom. The van der Waals surface area contributed by atoms with Gasteiger partial charge in [-0.25, -0.2) is 0 Å². The van der Waals surface area contributed by atoms with Crippen molar-refractivity contribution in [1.82, 2.24) is 0 Å². The summed E-state index contributed by atoms with van der Waals surface area (Å²) in [4.78, 5) is 12.3. The van der Waals surface area contributed by atoms with Crippen molar-refractivity contribution in [2.24, 2.45) is 41.4 Å². The van der Waals surface area contributed by atoms with Crippen molar-refractivity contribution in [2.45, 2.75) is 191 Å². The summed E-state index contributed by atoms with van der Waals surface area (Å²) in [6.07, 6.45) is 26.6. The Morgan fingerprint density at radius 3 is 1.21 bits per heavy atom. The van der Waals surface area contributed by atoms with E-state index in [4.69, 9.17) is 4.74 Å². The van der Waals surface area contributed by atoms with E-state index in [1.807, 2.05) is 0 Å². The lowest BCUT2D eigenvalue weighted by atomic mass is 9.91. The van der Waals surface area contributed by atoms with Crippen LogP contribution in [0, 0.1) is 41.4 Å². The van der Waals surface area contributed by atoms with Crippen LogP contribution in [-0.2, 0) is 9.53 Å². The van der Waals surface area contributed by atoms with Gasteiger partial charge in [-0.3, -0.25) is 4.79 Å². The summed E-state index contributed by atoms with van der Waals surface area (Å²) in [5.74, 6) is 5.45. The fourth-order valence-electron chi connectivity index (χ4n) is 6.32. The molecular weight excluding hydrogens is 512 g/mol. The highest BCUT2D eigenvalue weighted by Gasteiger charge is 2.12. The first-order chi connectivity index (χ1) is 19.9. The van der Waals surface area contributed by atoms with Crippen LogP contribution < -0.4 is 0 Å². The molecule has 0 N–H and O–H groups in total. The van der Waals surface area contributed by atoms with Crippen LogP contribution in [0.25, 0.3) is 0 Å². The lowest BCUT2D eigenvalue weighted by Crippen LogP contribution is -2.10. The van der Waals surface area contributed by atoms with E-state index in [9.17, 15) is 4.79 Å². The van der Waals surface area contributed by atoms with Gasteiger partial charge in [0.15, 0.2) is 0 Å². The van der Waals surface area contributed by atoms with Crippen LogP contribution >= 0.6 is 0 Å². The van der Waals surface area contributed by atoms with Gasteiger partial charge in [0.25, 0.3) is 0 Å². The van der Waals surface area contributed by atoms with Gasteiger partial charge in [-0.15, -0.1) is 0 Å². The number of allylic oxidation sites excluding steroid dienone is 1. The standard InChI is InChI=1S/C40H78O2/c1-32(2)17-11-19-34(5)21-13-23-36(7)25-15-27-38(9)29-30-42-40(41)31-39(10)28-16-26-37(8)24-14-22-35(6)20-12-18-33(3)4/h29,32-37,39H,11-28,30-31H2,1-10H3/b38-29+/t34-,35?,36-,37?,39?/m1/s1. The van der Waals surface area contributed by atoms with Crippen molar-refractivity contribution < 1.29 is 9.53 Å². The normalized spacial score (nSPS) is 16.0. The van der Waals surface area contributed by atoms with Crippen molar-refractivity contribution in [3.63, 3.8) is 0 Å². The molecule has 0 rings (SSSR count). The molecule has 0 radical (unpaired) electrons. The number of rotatable bonds is 28. The zero-order valence-corrected chi connectivity index (χ0v) is 30.6. The van der Waals surface area contributed by atoms with Gasteiger partial charge in [0.1, 0.15) is 6.61 Å². The predicted molar refractivity (Wildman–Crippen MR) is 188 cm³/mol. The lowest BCUT2D eigenvalue weighted by molar-refractivity contribution is -0.143. The van der Waals surface area contributed by atoms with Crippen LogP contribution in [0.2, 0.25) is 0 Å². The van der Waals surface area contributed by atoms with Gasteiger partial charge >= 0.3 is 5.97 Å². The van der Waals surface area contributed by atoms with Gasteiger partial charge in [-0.1, -0.05) is 171 Å². The molecule has 2 heteroatoms. The second kappa shape index (κ2) is 26.6. The van der Waals surface area contributed by atoms with Crippen molar-refractivity contribution in [1.29, 1.82) is 0 Å². The minimum Gasteiger partial charge on any atom is -0.461 e. The van der Waals surface area contributed by atoms with Crippen molar-refractivity contribution in [3.8, 4) is 0 Å². The van der Waals surface area contributed by atoms with Crippen LogP contribution in [0.5, 0.6) is 0 Å². The van der Waals surface area contributed by atoms with E-state index in [1.165, 1.54) is 108 Å². The molecular formula is C40H78O2. The van der Waals surface area contributed by atoms with E-state index in [2.05, 4.69) is 75.3 Å². The average Bonchev–Trinajstić information content (AvgIpc) is 2.88. The fraction of sp³-hybridized carbons (Fsp3) is 0.925. The van der Waals surface area contributed by atoms with Gasteiger partial charge in [0, 0.05) is 6.42 Å². The molecule has 3 unspecified atom stereocenters. The van der Waals surface area contributed by atoms with E-state index < -0.39 is 0 Å². The second-order valence-corrected chi connectivity index (χ2v) is 15.8. The Hall–Kier alpha value is -0.790. The zero-order valence-electron chi connectivity index (χ0n) is 30.6. The highest BCUT2D eigenvalue weighted by atomic mass is 16.5. The Balaban J connectivity index is 3.84. The average molecular weight is 591 g/mol. The first kappa shape index (κ1) is 41.2. The van der Waals surface area contributed by atoms with Crippen molar-refractivity contribution in [3.05, 3.63) is 11.6 Å². The summed E-state index contributed by atoms with van der Waals surface area (Å²) >= 11 is 0. The third-order valence-electron chi connectivity index (χ3n) is 9.60. The second-order valence-electron chi connectivity index (χ2n) is 15.8. The largest absolute Gasteiger partial charge is 0.461 e. The molecule has 0 aliphatic heterocycles. The van der Waals surface area contributed by atoms with Crippen LogP contribution in [-0.4, -0.2) is 12.6 Å². The summed E-state index contributed by atoms with van der Waals surface area (Å²) in [6, 6.07) is 0. The SMILES string of the molecule is C/C(=C\COC(=O)CC(C)CCCC(C)CCCC(C)CCCC(C)C)CCC[C@H](C)CCC[C@H](C)CCCC(C)C. The van der Waals surface area contributed by atoms with Crippen LogP contribution in [0.15, 0.2) is 11.6 Å². The molecule has 0 aromatic carbocycles. The number of esters is 1. The third-order valence-corrected chi connectivity index (χ3v) is 9.60. The number of carbonyl (C=O) groups is 1. The third kappa shape index (κ3) is 28.0. The maximum absolute atomic E-state index is 12.3. The molecule has 5 atom stereocenters. The molecule has 0 saturated carbocycles. The molecule has 0 spiro atoms. The van der Waals surface area contributed by atoms with Gasteiger partial charge < -0.3 is 4.74 Å². The number of carbonyl (C=O) groups excluding carboxylic acids is 1. The van der Waals surface area contributed by atoms with Gasteiger partial charge in [0.2, 0.25) is 0 Å². The van der Waals surface area contributed by atoms with E-state index >= 15 is 0 Å². The highest BCUT2D eigenvalue weighted by Crippen LogP contribution is 2.24. The number of hydrogen-bond donors (Lipinski definition) is 0. The Kier molecular flexibility index (Phi) is 26.1. The summed E-state index contributed by atoms with van der Waals surface area (Å²) in [5.41, 5.74) is 1.36. The lowest BCUT2D eigenvalue weighted by Gasteiger charge is -2.16. The van der Waals surface area contributed by atoms with Crippen molar-refractivity contribution in [2.75, 3.05) is 6.61 Å². The monoisotopic (exact) mass is 591 g/mol. The van der Waals surface area contributed by atoms with E-state index in [-0.39, 0.29) is 5.97 Å². The van der Waals surface area contributed by atoms with Crippen LogP contribution in [0.3, 0.4) is 0 Å².